The molecule has 22 heavy (non-hydrogen) atoms. The third-order valence-corrected chi connectivity index (χ3v) is 4.35. The minimum absolute atomic E-state index is 0.338. The first kappa shape index (κ1) is 15.1. The van der Waals surface area contributed by atoms with Gasteiger partial charge in [0, 0.05) is 41.8 Å². The average molecular weight is 318 g/mol. The molecule has 0 radical (unpaired) electrons. The lowest BCUT2D eigenvalue weighted by molar-refractivity contribution is 0.410. The first-order valence-corrected chi connectivity index (χ1v) is 7.88. The van der Waals surface area contributed by atoms with Gasteiger partial charge in [0.25, 0.3) is 0 Å². The summed E-state index contributed by atoms with van der Waals surface area (Å²) in [5, 5.41) is 4.06. The van der Waals surface area contributed by atoms with Gasteiger partial charge in [-0.3, -0.25) is 4.98 Å². The summed E-state index contributed by atoms with van der Waals surface area (Å²) >= 11 is 6.27. The molecule has 1 aliphatic rings. The summed E-state index contributed by atoms with van der Waals surface area (Å²) in [6.07, 6.45) is 9.27. The van der Waals surface area contributed by atoms with Crippen molar-refractivity contribution < 1.29 is 0 Å². The Morgan fingerprint density at radius 1 is 1.09 bits per heavy atom. The molecule has 3 rings (SSSR count). The van der Waals surface area contributed by atoms with E-state index in [1.165, 1.54) is 0 Å². The van der Waals surface area contributed by atoms with E-state index in [9.17, 15) is 0 Å². The van der Waals surface area contributed by atoms with Crippen molar-refractivity contribution in [3.8, 4) is 11.1 Å². The number of aromatic nitrogens is 2. The topological polar surface area (TPSA) is 89.8 Å². The van der Waals surface area contributed by atoms with E-state index in [1.807, 2.05) is 12.1 Å². The van der Waals surface area contributed by atoms with Crippen molar-refractivity contribution in [3.63, 3.8) is 0 Å². The normalized spacial score (nSPS) is 21.5. The Hall–Kier alpha value is -1.85. The summed E-state index contributed by atoms with van der Waals surface area (Å²) in [5.41, 5.74) is 14.1. The smallest absolute Gasteiger partial charge is 0.126 e. The van der Waals surface area contributed by atoms with Crippen LogP contribution in [0.1, 0.15) is 25.7 Å². The Bertz CT molecular complexity index is 653. The number of hydrogen-bond acceptors (Lipinski definition) is 5. The zero-order chi connectivity index (χ0) is 15.5. The fraction of sp³-hybridized carbons (Fsp3) is 0.375. The van der Waals surface area contributed by atoms with E-state index in [4.69, 9.17) is 23.1 Å². The maximum Gasteiger partial charge on any atom is 0.126 e. The maximum absolute atomic E-state index is 6.27. The van der Waals surface area contributed by atoms with E-state index >= 15 is 0 Å². The van der Waals surface area contributed by atoms with Crippen LogP contribution >= 0.6 is 11.6 Å². The molecule has 2 aromatic heterocycles. The van der Waals surface area contributed by atoms with E-state index in [0.717, 1.165) is 42.6 Å². The van der Waals surface area contributed by atoms with Gasteiger partial charge in [-0.25, -0.2) is 4.98 Å². The molecule has 116 valence electrons. The molecule has 0 aliphatic heterocycles. The maximum atomic E-state index is 6.27. The van der Waals surface area contributed by atoms with Crippen LogP contribution in [0, 0.1) is 0 Å². The molecule has 5 N–H and O–H groups in total. The number of nitrogens with one attached hydrogen (secondary N) is 1. The minimum Gasteiger partial charge on any atom is -0.397 e. The first-order valence-electron chi connectivity index (χ1n) is 7.50. The SMILES string of the molecule is Nc1cncc(-c2cc(NC3CCC(N)CC3)ncc2Cl)c1. The second-order valence-corrected chi connectivity index (χ2v) is 6.22. The van der Waals surface area contributed by atoms with Crippen LogP contribution in [0.15, 0.2) is 30.7 Å². The molecule has 0 bridgehead atoms. The molecule has 0 amide bonds. The summed E-state index contributed by atoms with van der Waals surface area (Å²) in [4.78, 5) is 8.49. The highest BCUT2D eigenvalue weighted by atomic mass is 35.5. The van der Waals surface area contributed by atoms with Crippen molar-refractivity contribution in [1.29, 1.82) is 0 Å². The van der Waals surface area contributed by atoms with Crippen molar-refractivity contribution in [2.24, 2.45) is 5.73 Å². The lowest BCUT2D eigenvalue weighted by Crippen LogP contribution is -2.33. The van der Waals surface area contributed by atoms with Crippen molar-refractivity contribution in [2.45, 2.75) is 37.8 Å². The highest BCUT2D eigenvalue weighted by Crippen LogP contribution is 2.30. The Labute approximate surface area is 135 Å². The van der Waals surface area contributed by atoms with Gasteiger partial charge in [-0.2, -0.15) is 0 Å². The minimum atomic E-state index is 0.338. The number of nitrogens with zero attached hydrogens (tertiary/aromatic N) is 2. The van der Waals surface area contributed by atoms with Crippen LogP contribution in [-0.2, 0) is 0 Å². The van der Waals surface area contributed by atoms with Gasteiger partial charge in [0.05, 0.1) is 10.7 Å². The summed E-state index contributed by atoms with van der Waals surface area (Å²) < 4.78 is 0. The quantitative estimate of drug-likeness (QED) is 0.809. The zero-order valence-electron chi connectivity index (χ0n) is 12.3. The second-order valence-electron chi connectivity index (χ2n) is 5.81. The number of hydrogen-bond donors (Lipinski definition) is 3. The molecule has 0 unspecified atom stereocenters. The number of halogens is 1. The molecule has 0 saturated heterocycles. The molecule has 2 aromatic rings. The van der Waals surface area contributed by atoms with Crippen molar-refractivity contribution in [1.82, 2.24) is 9.97 Å². The molecule has 2 heterocycles. The molecule has 1 aliphatic carbocycles. The Kier molecular flexibility index (Phi) is 4.45. The number of anilines is 2. The van der Waals surface area contributed by atoms with E-state index in [2.05, 4.69) is 15.3 Å². The van der Waals surface area contributed by atoms with Crippen LogP contribution in [-0.4, -0.2) is 22.1 Å². The Balaban J connectivity index is 1.81. The van der Waals surface area contributed by atoms with Gasteiger partial charge in [-0.1, -0.05) is 11.6 Å². The molecular weight excluding hydrogens is 298 g/mol. The van der Waals surface area contributed by atoms with Crippen molar-refractivity contribution in [3.05, 3.63) is 35.7 Å². The van der Waals surface area contributed by atoms with Gasteiger partial charge in [0.15, 0.2) is 0 Å². The van der Waals surface area contributed by atoms with Gasteiger partial charge in [-0.05, 0) is 37.8 Å². The fourth-order valence-electron chi connectivity index (χ4n) is 2.82. The molecule has 1 fully saturated rings. The van der Waals surface area contributed by atoms with Gasteiger partial charge < -0.3 is 16.8 Å². The highest BCUT2D eigenvalue weighted by molar-refractivity contribution is 6.33. The van der Waals surface area contributed by atoms with Crippen LogP contribution in [0.4, 0.5) is 11.5 Å². The fourth-order valence-corrected chi connectivity index (χ4v) is 3.03. The Morgan fingerprint density at radius 2 is 1.86 bits per heavy atom. The zero-order valence-corrected chi connectivity index (χ0v) is 13.1. The first-order chi connectivity index (χ1) is 10.6. The van der Waals surface area contributed by atoms with Crippen LogP contribution in [0.25, 0.3) is 11.1 Å². The highest BCUT2D eigenvalue weighted by Gasteiger charge is 2.19. The number of pyridine rings is 2. The molecule has 0 spiro atoms. The van der Waals surface area contributed by atoms with Crippen LogP contribution in [0.2, 0.25) is 5.02 Å². The van der Waals surface area contributed by atoms with Crippen LogP contribution in [0.3, 0.4) is 0 Å². The van der Waals surface area contributed by atoms with Gasteiger partial charge in [0.1, 0.15) is 5.82 Å². The summed E-state index contributed by atoms with van der Waals surface area (Å²) in [6.45, 7) is 0. The third kappa shape index (κ3) is 3.48. The second kappa shape index (κ2) is 6.50. The summed E-state index contributed by atoms with van der Waals surface area (Å²) in [6, 6.07) is 4.57. The number of rotatable bonds is 3. The molecule has 1 saturated carbocycles. The van der Waals surface area contributed by atoms with E-state index in [1.54, 1.807) is 18.6 Å². The number of nitrogen functional groups attached to an aromatic ring is 1. The monoisotopic (exact) mass is 317 g/mol. The van der Waals surface area contributed by atoms with Gasteiger partial charge in [0.2, 0.25) is 0 Å². The van der Waals surface area contributed by atoms with Crippen LogP contribution < -0.4 is 16.8 Å². The lowest BCUT2D eigenvalue weighted by atomic mass is 9.92. The van der Waals surface area contributed by atoms with Gasteiger partial charge >= 0.3 is 0 Å². The molecule has 0 atom stereocenters. The lowest BCUT2D eigenvalue weighted by Gasteiger charge is -2.27. The molecule has 5 nitrogen and oxygen atoms in total. The summed E-state index contributed by atoms with van der Waals surface area (Å²) in [5.74, 6) is 0.822. The predicted octanol–water partition coefficient (Wildman–Crippen LogP) is 3.06. The molecule has 0 aromatic carbocycles. The largest absolute Gasteiger partial charge is 0.397 e. The number of nitrogens with two attached hydrogens (primary N) is 2. The van der Waals surface area contributed by atoms with E-state index in [0.29, 0.717) is 22.8 Å². The third-order valence-electron chi connectivity index (χ3n) is 4.05. The Morgan fingerprint density at radius 3 is 2.59 bits per heavy atom. The van der Waals surface area contributed by atoms with E-state index < -0.39 is 0 Å². The average Bonchev–Trinajstić information content (AvgIpc) is 2.51. The standard InChI is InChI=1S/C16H20ClN5/c17-15-9-21-16(22-13-3-1-11(18)2-4-13)6-14(15)10-5-12(19)8-20-7-10/h5-9,11,13H,1-4,18-19H2,(H,21,22). The predicted molar refractivity (Wildman–Crippen MR) is 90.7 cm³/mol. The van der Waals surface area contributed by atoms with Crippen molar-refractivity contribution >= 4 is 23.1 Å². The molecule has 6 heteroatoms. The molecular formula is C16H20ClN5. The van der Waals surface area contributed by atoms with E-state index in [-0.39, 0.29) is 0 Å². The van der Waals surface area contributed by atoms with Crippen molar-refractivity contribution in [2.75, 3.05) is 11.1 Å². The van der Waals surface area contributed by atoms with Gasteiger partial charge in [-0.15, -0.1) is 0 Å². The summed E-state index contributed by atoms with van der Waals surface area (Å²) in [7, 11) is 0. The van der Waals surface area contributed by atoms with Crippen LogP contribution in [0.5, 0.6) is 0 Å².